The third-order valence-electron chi connectivity index (χ3n) is 6.18. The molecule has 33 heavy (non-hydrogen) atoms. The number of morpholine rings is 1. The summed E-state index contributed by atoms with van der Waals surface area (Å²) in [7, 11) is 1.82. The van der Waals surface area contributed by atoms with Gasteiger partial charge in [-0.1, -0.05) is 30.3 Å². The third-order valence-corrected chi connectivity index (χ3v) is 6.18. The van der Waals surface area contributed by atoms with E-state index in [9.17, 15) is 4.79 Å². The lowest BCUT2D eigenvalue weighted by atomic mass is 10.1. The van der Waals surface area contributed by atoms with Gasteiger partial charge >= 0.3 is 0 Å². The van der Waals surface area contributed by atoms with Crippen molar-refractivity contribution in [3.8, 4) is 11.3 Å². The Bertz CT molecular complexity index is 1120. The van der Waals surface area contributed by atoms with Crippen molar-refractivity contribution in [3.05, 3.63) is 53.9 Å². The van der Waals surface area contributed by atoms with Gasteiger partial charge in [0, 0.05) is 63.6 Å². The number of rotatable bonds is 4. The van der Waals surface area contributed by atoms with E-state index in [4.69, 9.17) is 9.72 Å². The number of hydrogen-bond acceptors (Lipinski definition) is 7. The van der Waals surface area contributed by atoms with Crippen LogP contribution in [-0.4, -0.2) is 83.0 Å². The number of hydrogen-bond donors (Lipinski definition) is 0. The smallest absolute Gasteiger partial charge is 0.272 e. The summed E-state index contributed by atoms with van der Waals surface area (Å²) in [5.74, 6) is 1.68. The molecule has 0 aliphatic carbocycles. The minimum absolute atomic E-state index is 0.00555. The first-order chi connectivity index (χ1) is 16.1. The Balaban J connectivity index is 1.26. The number of piperazine rings is 1. The molecule has 0 bridgehead atoms. The van der Waals surface area contributed by atoms with Crippen molar-refractivity contribution in [2.75, 3.05) is 62.3 Å². The van der Waals surface area contributed by atoms with E-state index < -0.39 is 0 Å². The summed E-state index contributed by atoms with van der Waals surface area (Å²) in [5, 5.41) is 4.55. The van der Waals surface area contributed by atoms with Gasteiger partial charge in [-0.25, -0.2) is 4.98 Å². The molecule has 2 aliphatic heterocycles. The summed E-state index contributed by atoms with van der Waals surface area (Å²) in [5.41, 5.74) is 3.36. The Kier molecular flexibility index (Phi) is 5.95. The van der Waals surface area contributed by atoms with Crippen LogP contribution in [0, 0.1) is 6.92 Å². The fourth-order valence-electron chi connectivity index (χ4n) is 4.32. The van der Waals surface area contributed by atoms with Crippen LogP contribution in [0.25, 0.3) is 11.3 Å². The molecule has 2 saturated heterocycles. The molecular formula is C24H29N7O2. The maximum Gasteiger partial charge on any atom is 0.272 e. The van der Waals surface area contributed by atoms with E-state index in [1.807, 2.05) is 61.3 Å². The average molecular weight is 448 g/mol. The SMILES string of the molecule is Cc1cc(N2CCOCC2)nc(N2CCN(C(=O)c3cc(-c4ccccc4)nn3C)CC2)n1. The maximum atomic E-state index is 13.2. The van der Waals surface area contributed by atoms with Gasteiger partial charge in [0.2, 0.25) is 5.95 Å². The molecule has 1 aromatic carbocycles. The molecule has 2 aromatic heterocycles. The zero-order valence-corrected chi connectivity index (χ0v) is 19.1. The number of aryl methyl sites for hydroxylation is 2. The highest BCUT2D eigenvalue weighted by Crippen LogP contribution is 2.22. The second kappa shape index (κ2) is 9.19. The van der Waals surface area contributed by atoms with Crippen molar-refractivity contribution in [1.82, 2.24) is 24.6 Å². The maximum absolute atomic E-state index is 13.2. The van der Waals surface area contributed by atoms with Gasteiger partial charge in [-0.2, -0.15) is 10.1 Å². The minimum Gasteiger partial charge on any atom is -0.378 e. The molecule has 0 unspecified atom stereocenters. The second-order valence-electron chi connectivity index (χ2n) is 8.45. The molecule has 0 spiro atoms. The molecule has 0 N–H and O–H groups in total. The number of benzene rings is 1. The molecule has 2 aliphatic rings. The molecule has 2 fully saturated rings. The van der Waals surface area contributed by atoms with Gasteiger partial charge in [-0.15, -0.1) is 0 Å². The van der Waals surface area contributed by atoms with Gasteiger partial charge in [-0.3, -0.25) is 9.48 Å². The molecular weight excluding hydrogens is 418 g/mol. The van der Waals surface area contributed by atoms with Gasteiger partial charge in [0.1, 0.15) is 11.5 Å². The molecule has 3 aromatic rings. The van der Waals surface area contributed by atoms with Gasteiger partial charge < -0.3 is 19.4 Å². The lowest BCUT2D eigenvalue weighted by molar-refractivity contribution is 0.0735. The molecule has 4 heterocycles. The van der Waals surface area contributed by atoms with E-state index in [1.54, 1.807) is 4.68 Å². The summed E-state index contributed by atoms with van der Waals surface area (Å²) in [6.07, 6.45) is 0. The molecule has 9 nitrogen and oxygen atoms in total. The van der Waals surface area contributed by atoms with Crippen LogP contribution in [0.2, 0.25) is 0 Å². The van der Waals surface area contributed by atoms with E-state index in [-0.39, 0.29) is 5.91 Å². The second-order valence-corrected chi connectivity index (χ2v) is 8.45. The minimum atomic E-state index is 0.00555. The Hall–Kier alpha value is -3.46. The number of carbonyl (C=O) groups excluding carboxylic acids is 1. The lowest BCUT2D eigenvalue weighted by Gasteiger charge is -2.35. The van der Waals surface area contributed by atoms with Gasteiger partial charge in [0.05, 0.1) is 18.9 Å². The predicted octanol–water partition coefficient (Wildman–Crippen LogP) is 1.98. The third kappa shape index (κ3) is 4.54. The largest absolute Gasteiger partial charge is 0.378 e. The first kappa shape index (κ1) is 21.4. The topological polar surface area (TPSA) is 79.6 Å². The molecule has 0 atom stereocenters. The monoisotopic (exact) mass is 447 g/mol. The first-order valence-electron chi connectivity index (χ1n) is 11.4. The normalized spacial score (nSPS) is 16.8. The highest BCUT2D eigenvalue weighted by atomic mass is 16.5. The van der Waals surface area contributed by atoms with Gasteiger partial charge in [-0.05, 0) is 13.0 Å². The fraction of sp³-hybridized carbons (Fsp3) is 0.417. The Labute approximate surface area is 193 Å². The zero-order valence-electron chi connectivity index (χ0n) is 19.1. The molecule has 1 amide bonds. The van der Waals surface area contributed by atoms with Gasteiger partial charge in [0.25, 0.3) is 5.91 Å². The summed E-state index contributed by atoms with van der Waals surface area (Å²) >= 11 is 0. The molecule has 0 radical (unpaired) electrons. The molecule has 9 heteroatoms. The van der Waals surface area contributed by atoms with Crippen LogP contribution in [-0.2, 0) is 11.8 Å². The van der Waals surface area contributed by atoms with Crippen molar-refractivity contribution in [2.24, 2.45) is 7.05 Å². The van der Waals surface area contributed by atoms with E-state index in [0.717, 1.165) is 55.0 Å². The van der Waals surface area contributed by atoms with Crippen LogP contribution in [0.3, 0.4) is 0 Å². The van der Waals surface area contributed by atoms with E-state index in [2.05, 4.69) is 19.9 Å². The van der Waals surface area contributed by atoms with Crippen LogP contribution in [0.5, 0.6) is 0 Å². The van der Waals surface area contributed by atoms with Crippen molar-refractivity contribution in [2.45, 2.75) is 6.92 Å². The first-order valence-corrected chi connectivity index (χ1v) is 11.4. The van der Waals surface area contributed by atoms with Gasteiger partial charge in [0.15, 0.2) is 0 Å². The summed E-state index contributed by atoms with van der Waals surface area (Å²) in [6, 6.07) is 13.8. The molecule has 172 valence electrons. The molecule has 0 saturated carbocycles. The highest BCUT2D eigenvalue weighted by molar-refractivity contribution is 5.94. The highest BCUT2D eigenvalue weighted by Gasteiger charge is 2.26. The number of anilines is 2. The van der Waals surface area contributed by atoms with Crippen LogP contribution in [0.4, 0.5) is 11.8 Å². The van der Waals surface area contributed by atoms with Crippen molar-refractivity contribution in [3.63, 3.8) is 0 Å². The van der Waals surface area contributed by atoms with Crippen LogP contribution in [0.1, 0.15) is 16.2 Å². The summed E-state index contributed by atoms with van der Waals surface area (Å²) < 4.78 is 7.14. The van der Waals surface area contributed by atoms with E-state index in [1.165, 1.54) is 0 Å². The number of amides is 1. The molecule has 5 rings (SSSR count). The summed E-state index contributed by atoms with van der Waals surface area (Å²) in [6.45, 7) is 7.76. The standard InChI is InChI=1S/C24H29N7O2/c1-18-16-22(29-12-14-33-15-13-29)26-24(25-18)31-10-8-30(9-11-31)23(32)21-17-20(27-28(21)2)19-6-4-3-5-7-19/h3-7,16-17H,8-15H2,1-2H3. The number of ether oxygens (including phenoxy) is 1. The van der Waals surface area contributed by atoms with E-state index in [0.29, 0.717) is 31.9 Å². The van der Waals surface area contributed by atoms with Crippen LogP contribution < -0.4 is 9.80 Å². The van der Waals surface area contributed by atoms with E-state index >= 15 is 0 Å². The Morgan fingerprint density at radius 3 is 2.36 bits per heavy atom. The Morgan fingerprint density at radius 1 is 0.909 bits per heavy atom. The van der Waals surface area contributed by atoms with Crippen molar-refractivity contribution >= 4 is 17.7 Å². The summed E-state index contributed by atoms with van der Waals surface area (Å²) in [4.78, 5) is 29.0. The van der Waals surface area contributed by atoms with Crippen LogP contribution >= 0.6 is 0 Å². The number of aromatic nitrogens is 4. The average Bonchev–Trinajstić information content (AvgIpc) is 3.26. The van der Waals surface area contributed by atoms with Crippen molar-refractivity contribution in [1.29, 1.82) is 0 Å². The lowest BCUT2D eigenvalue weighted by Crippen LogP contribution is -2.49. The fourth-order valence-corrected chi connectivity index (χ4v) is 4.32. The van der Waals surface area contributed by atoms with Crippen LogP contribution in [0.15, 0.2) is 42.5 Å². The number of nitrogens with zero attached hydrogens (tertiary/aromatic N) is 7. The van der Waals surface area contributed by atoms with Crippen molar-refractivity contribution < 1.29 is 9.53 Å². The number of carbonyl (C=O) groups is 1. The predicted molar refractivity (Wildman–Crippen MR) is 127 cm³/mol. The Morgan fingerprint density at radius 2 is 1.64 bits per heavy atom. The zero-order chi connectivity index (χ0) is 22.8. The quantitative estimate of drug-likeness (QED) is 0.605.